The maximum Gasteiger partial charge on any atom is 0.303 e. The lowest BCUT2D eigenvalue weighted by molar-refractivity contribution is -0.137. The molecule has 1 rings (SSSR count). The van der Waals surface area contributed by atoms with E-state index in [0.29, 0.717) is 31.4 Å². The zero-order valence-electron chi connectivity index (χ0n) is 13.8. The fourth-order valence-corrected chi connectivity index (χ4v) is 2.48. The van der Waals surface area contributed by atoms with E-state index in [9.17, 15) is 14.4 Å². The Bertz CT molecular complexity index is 595. The second-order valence-electron chi connectivity index (χ2n) is 5.37. The van der Waals surface area contributed by atoms with E-state index in [1.165, 1.54) is 0 Å². The van der Waals surface area contributed by atoms with E-state index < -0.39 is 11.5 Å². The van der Waals surface area contributed by atoms with E-state index >= 15 is 0 Å². The molecular weight excluding hydrogens is 298 g/mol. The highest BCUT2D eigenvalue weighted by Gasteiger charge is 2.18. The quantitative estimate of drug-likeness (QED) is 0.567. The summed E-state index contributed by atoms with van der Waals surface area (Å²) >= 11 is 0. The Kier molecular flexibility index (Phi) is 8.01. The first-order chi connectivity index (χ1) is 11.0. The Morgan fingerprint density at radius 2 is 1.83 bits per heavy atom. The smallest absolute Gasteiger partial charge is 0.303 e. The van der Waals surface area contributed by atoms with Crippen LogP contribution in [0.5, 0.6) is 0 Å². The molecule has 3 N–H and O–H groups in total. The number of aliphatic carboxylic acids is 1. The number of amides is 1. The highest BCUT2D eigenvalue weighted by Crippen LogP contribution is 2.10. The molecule has 1 amide bonds. The molecule has 0 bridgehead atoms. The number of aromatic amines is 1. The molecule has 1 heterocycles. The summed E-state index contributed by atoms with van der Waals surface area (Å²) in [7, 11) is 0. The number of unbranched alkanes of at least 4 members (excludes halogenated alkanes) is 3. The predicted molar refractivity (Wildman–Crippen MR) is 86.7 cm³/mol. The van der Waals surface area contributed by atoms with Crippen molar-refractivity contribution >= 4 is 11.9 Å². The van der Waals surface area contributed by atoms with Gasteiger partial charge in [0.1, 0.15) is 5.56 Å². The lowest BCUT2D eigenvalue weighted by Gasteiger charge is -2.10. The van der Waals surface area contributed by atoms with E-state index in [4.69, 9.17) is 5.11 Å². The number of aryl methyl sites for hydroxylation is 1. The topological polar surface area (TPSA) is 112 Å². The number of nitrogens with one attached hydrogen (secondary N) is 2. The summed E-state index contributed by atoms with van der Waals surface area (Å²) in [5, 5.41) is 17.7. The summed E-state index contributed by atoms with van der Waals surface area (Å²) in [6.45, 7) is 4.30. The maximum atomic E-state index is 12.3. The van der Waals surface area contributed by atoms with Gasteiger partial charge in [-0.3, -0.25) is 14.4 Å². The number of rotatable bonds is 10. The van der Waals surface area contributed by atoms with Gasteiger partial charge in [0, 0.05) is 13.0 Å². The normalized spacial score (nSPS) is 10.5. The van der Waals surface area contributed by atoms with Crippen molar-refractivity contribution in [2.45, 2.75) is 58.8 Å². The average molecular weight is 323 g/mol. The summed E-state index contributed by atoms with van der Waals surface area (Å²) < 4.78 is 0. The van der Waals surface area contributed by atoms with Gasteiger partial charge in [0.25, 0.3) is 11.5 Å². The third-order valence-corrected chi connectivity index (χ3v) is 3.69. The maximum absolute atomic E-state index is 12.3. The largest absolute Gasteiger partial charge is 0.481 e. The summed E-state index contributed by atoms with van der Waals surface area (Å²) in [5.41, 5.74) is 1.14. The highest BCUT2D eigenvalue weighted by molar-refractivity contribution is 5.95. The molecule has 0 spiro atoms. The minimum Gasteiger partial charge on any atom is -0.481 e. The van der Waals surface area contributed by atoms with Gasteiger partial charge >= 0.3 is 5.97 Å². The van der Waals surface area contributed by atoms with Gasteiger partial charge in [0.05, 0.1) is 5.69 Å². The van der Waals surface area contributed by atoms with Crippen molar-refractivity contribution in [3.8, 4) is 0 Å². The van der Waals surface area contributed by atoms with Crippen LogP contribution < -0.4 is 10.9 Å². The number of carboxylic acid groups (broad SMARTS) is 1. The Morgan fingerprint density at radius 1 is 1.13 bits per heavy atom. The molecule has 7 nitrogen and oxygen atoms in total. The van der Waals surface area contributed by atoms with Crippen LogP contribution in [0.1, 0.15) is 67.6 Å². The number of hydrogen-bond acceptors (Lipinski definition) is 4. The van der Waals surface area contributed by atoms with Gasteiger partial charge in [-0.05, 0) is 31.2 Å². The zero-order valence-corrected chi connectivity index (χ0v) is 13.8. The molecule has 0 saturated heterocycles. The number of carboxylic acids is 1. The molecule has 0 aromatic carbocycles. The lowest BCUT2D eigenvalue weighted by atomic mass is 10.0. The second kappa shape index (κ2) is 9.76. The van der Waals surface area contributed by atoms with E-state index in [0.717, 1.165) is 25.0 Å². The molecule has 0 fully saturated rings. The predicted octanol–water partition coefficient (Wildman–Crippen LogP) is 1.66. The summed E-state index contributed by atoms with van der Waals surface area (Å²) in [6, 6.07) is 0. The van der Waals surface area contributed by atoms with E-state index in [1.807, 2.05) is 13.8 Å². The van der Waals surface area contributed by atoms with Crippen LogP contribution in [0.2, 0.25) is 0 Å². The van der Waals surface area contributed by atoms with Crippen LogP contribution in [-0.4, -0.2) is 33.7 Å². The van der Waals surface area contributed by atoms with Crippen LogP contribution in [0, 0.1) is 0 Å². The minimum atomic E-state index is -0.783. The number of H-pyrrole nitrogens is 1. The average Bonchev–Trinajstić information content (AvgIpc) is 2.52. The molecule has 0 saturated carbocycles. The monoisotopic (exact) mass is 323 g/mol. The van der Waals surface area contributed by atoms with E-state index in [2.05, 4.69) is 15.5 Å². The number of carbonyl (C=O) groups is 2. The molecule has 0 aliphatic heterocycles. The summed E-state index contributed by atoms with van der Waals surface area (Å²) in [4.78, 5) is 34.6. The van der Waals surface area contributed by atoms with Crippen LogP contribution >= 0.6 is 0 Å². The molecule has 0 aliphatic rings. The van der Waals surface area contributed by atoms with Gasteiger partial charge < -0.3 is 10.4 Å². The Balaban J connectivity index is 2.52. The van der Waals surface area contributed by atoms with Crippen LogP contribution in [0.25, 0.3) is 0 Å². The zero-order chi connectivity index (χ0) is 17.2. The van der Waals surface area contributed by atoms with Crippen molar-refractivity contribution in [1.29, 1.82) is 0 Å². The molecule has 23 heavy (non-hydrogen) atoms. The first-order valence-corrected chi connectivity index (χ1v) is 8.11. The number of nitrogens with zero attached hydrogens (tertiary/aromatic N) is 1. The number of carbonyl (C=O) groups excluding carboxylic acids is 1. The first kappa shape index (κ1) is 18.9. The van der Waals surface area contributed by atoms with Crippen LogP contribution in [0.4, 0.5) is 0 Å². The molecule has 0 unspecified atom stereocenters. The Labute approximate surface area is 135 Å². The number of aromatic nitrogens is 2. The summed E-state index contributed by atoms with van der Waals surface area (Å²) in [5.74, 6) is -1.15. The van der Waals surface area contributed by atoms with Gasteiger partial charge in [-0.2, -0.15) is 5.10 Å². The molecule has 1 aromatic heterocycles. The van der Waals surface area contributed by atoms with E-state index in [1.54, 1.807) is 0 Å². The molecular formula is C16H25N3O4. The molecule has 0 atom stereocenters. The van der Waals surface area contributed by atoms with Crippen molar-refractivity contribution < 1.29 is 14.7 Å². The van der Waals surface area contributed by atoms with Crippen molar-refractivity contribution in [3.05, 3.63) is 27.2 Å². The van der Waals surface area contributed by atoms with Crippen LogP contribution in [0.3, 0.4) is 0 Å². The van der Waals surface area contributed by atoms with Gasteiger partial charge in [-0.25, -0.2) is 5.10 Å². The van der Waals surface area contributed by atoms with Gasteiger partial charge in [0.2, 0.25) is 0 Å². The van der Waals surface area contributed by atoms with Crippen molar-refractivity contribution in [2.75, 3.05) is 6.54 Å². The SMILES string of the molecule is CCc1n[nH]c(=O)c(C(=O)NCCCCCCC(=O)O)c1CC. The Morgan fingerprint density at radius 3 is 2.43 bits per heavy atom. The van der Waals surface area contributed by atoms with Crippen molar-refractivity contribution in [2.24, 2.45) is 0 Å². The standard InChI is InChI=1S/C16H25N3O4/c1-3-11-12(4-2)18-19-16(23)14(11)15(22)17-10-8-6-5-7-9-13(20)21/h3-10H2,1-2H3,(H,17,22)(H,19,23)(H,20,21). The van der Waals surface area contributed by atoms with Gasteiger partial charge in [0.15, 0.2) is 0 Å². The fraction of sp³-hybridized carbons (Fsp3) is 0.625. The molecule has 0 aliphatic carbocycles. The molecule has 128 valence electrons. The second-order valence-corrected chi connectivity index (χ2v) is 5.37. The van der Waals surface area contributed by atoms with Gasteiger partial charge in [-0.1, -0.05) is 26.7 Å². The highest BCUT2D eigenvalue weighted by atomic mass is 16.4. The number of hydrogen-bond donors (Lipinski definition) is 3. The third kappa shape index (κ3) is 5.84. The third-order valence-electron chi connectivity index (χ3n) is 3.69. The Hall–Kier alpha value is -2.18. The van der Waals surface area contributed by atoms with Crippen molar-refractivity contribution in [1.82, 2.24) is 15.5 Å². The lowest BCUT2D eigenvalue weighted by Crippen LogP contribution is -2.33. The summed E-state index contributed by atoms with van der Waals surface area (Å²) in [6.07, 6.45) is 4.49. The van der Waals surface area contributed by atoms with Gasteiger partial charge in [-0.15, -0.1) is 0 Å². The van der Waals surface area contributed by atoms with Crippen LogP contribution in [-0.2, 0) is 17.6 Å². The minimum absolute atomic E-state index is 0.158. The first-order valence-electron chi connectivity index (χ1n) is 8.11. The van der Waals surface area contributed by atoms with E-state index in [-0.39, 0.29) is 17.9 Å². The molecule has 0 radical (unpaired) electrons. The fourth-order valence-electron chi connectivity index (χ4n) is 2.48. The van der Waals surface area contributed by atoms with Crippen molar-refractivity contribution in [3.63, 3.8) is 0 Å². The molecule has 1 aromatic rings. The molecule has 7 heteroatoms. The van der Waals surface area contributed by atoms with Crippen LogP contribution in [0.15, 0.2) is 4.79 Å².